The molecule has 0 bridgehead atoms. The molecular weight excluding hydrogens is 367 g/mol. The maximum absolute atomic E-state index is 13.8. The van der Waals surface area contributed by atoms with E-state index in [1.165, 1.54) is 31.2 Å². The molecule has 1 aromatic carbocycles. The quantitative estimate of drug-likeness (QED) is 0.742. The summed E-state index contributed by atoms with van der Waals surface area (Å²) in [6.07, 6.45) is 0.00216. The van der Waals surface area contributed by atoms with Crippen molar-refractivity contribution in [2.75, 3.05) is 20.8 Å². The number of likely N-dealkylation sites (tertiary alicyclic amines) is 1. The monoisotopic (exact) mass is 386 g/mol. The van der Waals surface area contributed by atoms with Crippen LogP contribution in [0.15, 0.2) is 18.2 Å². The highest BCUT2D eigenvalue weighted by molar-refractivity contribution is 6.30. The summed E-state index contributed by atoms with van der Waals surface area (Å²) in [6, 6.07) is 2.25. The van der Waals surface area contributed by atoms with Crippen molar-refractivity contribution < 1.29 is 28.6 Å². The highest BCUT2D eigenvalue weighted by Gasteiger charge is 2.43. The number of carbonyl (C=O) groups is 3. The predicted molar refractivity (Wildman–Crippen MR) is 91.1 cm³/mol. The van der Waals surface area contributed by atoms with E-state index in [4.69, 9.17) is 16.3 Å². The number of ether oxygens (including phenoxy) is 1. The Bertz CT molecular complexity index is 714. The summed E-state index contributed by atoms with van der Waals surface area (Å²) in [5, 5.41) is 11.6. The first-order valence-electron chi connectivity index (χ1n) is 7.99. The maximum atomic E-state index is 13.8. The van der Waals surface area contributed by atoms with Gasteiger partial charge in [0, 0.05) is 33.6 Å². The number of halogens is 2. The molecule has 1 aliphatic rings. The minimum absolute atomic E-state index is 0.0627. The van der Waals surface area contributed by atoms with Crippen molar-refractivity contribution in [1.82, 2.24) is 10.2 Å². The third kappa shape index (κ3) is 4.31. The van der Waals surface area contributed by atoms with Crippen molar-refractivity contribution in [3.8, 4) is 0 Å². The molecular formula is C17H20ClFN2O5. The van der Waals surface area contributed by atoms with Gasteiger partial charge in [-0.1, -0.05) is 17.7 Å². The fraction of sp³-hybridized carbons (Fsp3) is 0.471. The number of carboxylic acids is 1. The summed E-state index contributed by atoms with van der Waals surface area (Å²) in [6.45, 7) is 0.159. The Labute approximate surface area is 155 Å². The van der Waals surface area contributed by atoms with Crippen LogP contribution in [0.4, 0.5) is 4.39 Å². The van der Waals surface area contributed by atoms with Crippen molar-refractivity contribution in [2.24, 2.45) is 5.92 Å². The third-order valence-electron chi connectivity index (χ3n) is 4.43. The molecule has 9 heteroatoms. The molecule has 26 heavy (non-hydrogen) atoms. The van der Waals surface area contributed by atoms with Crippen molar-refractivity contribution in [3.05, 3.63) is 34.6 Å². The summed E-state index contributed by atoms with van der Waals surface area (Å²) < 4.78 is 18.7. The van der Waals surface area contributed by atoms with Gasteiger partial charge in [-0.05, 0) is 17.7 Å². The molecule has 3 unspecified atom stereocenters. The van der Waals surface area contributed by atoms with Gasteiger partial charge >= 0.3 is 5.97 Å². The van der Waals surface area contributed by atoms with Crippen LogP contribution in [-0.4, -0.2) is 54.6 Å². The number of hydrogen-bond donors (Lipinski definition) is 2. The van der Waals surface area contributed by atoms with Crippen LogP contribution < -0.4 is 5.32 Å². The molecule has 142 valence electrons. The zero-order valence-electron chi connectivity index (χ0n) is 14.4. The molecule has 0 aliphatic carbocycles. The first-order chi connectivity index (χ1) is 12.3. The molecule has 0 saturated carbocycles. The smallest absolute Gasteiger partial charge is 0.326 e. The fourth-order valence-electron chi connectivity index (χ4n) is 3.03. The van der Waals surface area contributed by atoms with Crippen molar-refractivity contribution in [2.45, 2.75) is 24.9 Å². The van der Waals surface area contributed by atoms with E-state index in [-0.39, 0.29) is 30.4 Å². The van der Waals surface area contributed by atoms with E-state index in [0.29, 0.717) is 5.56 Å². The van der Waals surface area contributed by atoms with Crippen molar-refractivity contribution in [3.63, 3.8) is 0 Å². The number of amides is 2. The largest absolute Gasteiger partial charge is 0.480 e. The van der Waals surface area contributed by atoms with Gasteiger partial charge in [0.15, 0.2) is 0 Å². The van der Waals surface area contributed by atoms with Crippen LogP contribution in [0.3, 0.4) is 0 Å². The van der Waals surface area contributed by atoms with Crippen LogP contribution in [0.1, 0.15) is 24.4 Å². The van der Waals surface area contributed by atoms with E-state index in [9.17, 15) is 23.9 Å². The number of hydrogen-bond acceptors (Lipinski definition) is 4. The normalized spacial score (nSPS) is 20.9. The number of nitrogens with zero attached hydrogens (tertiary/aromatic N) is 1. The van der Waals surface area contributed by atoms with E-state index in [1.54, 1.807) is 6.07 Å². The molecule has 1 aliphatic heterocycles. The first-order valence-corrected chi connectivity index (χ1v) is 8.36. The van der Waals surface area contributed by atoms with Gasteiger partial charge in [0.25, 0.3) is 0 Å². The summed E-state index contributed by atoms with van der Waals surface area (Å²) in [5.41, 5.74) is 0.421. The second kappa shape index (κ2) is 8.46. The number of nitrogens with one attached hydrogen (secondary N) is 1. The molecule has 0 aromatic heterocycles. The molecule has 2 amide bonds. The van der Waals surface area contributed by atoms with Crippen molar-refractivity contribution in [1.29, 1.82) is 0 Å². The minimum atomic E-state index is -1.19. The van der Waals surface area contributed by atoms with Crippen LogP contribution in [0.25, 0.3) is 0 Å². The van der Waals surface area contributed by atoms with E-state index in [0.717, 1.165) is 0 Å². The van der Waals surface area contributed by atoms with Gasteiger partial charge in [0.1, 0.15) is 11.9 Å². The van der Waals surface area contributed by atoms with Gasteiger partial charge in [-0.25, -0.2) is 9.18 Å². The number of aliphatic carboxylic acids is 1. The lowest BCUT2D eigenvalue weighted by molar-refractivity contribution is -0.143. The highest BCUT2D eigenvalue weighted by Crippen LogP contribution is 2.38. The van der Waals surface area contributed by atoms with Crippen LogP contribution >= 0.6 is 11.6 Å². The number of rotatable bonds is 7. The van der Waals surface area contributed by atoms with E-state index in [2.05, 4.69) is 5.32 Å². The summed E-state index contributed by atoms with van der Waals surface area (Å²) in [7, 11) is 2.95. The highest BCUT2D eigenvalue weighted by atomic mass is 35.5. The van der Waals surface area contributed by atoms with Gasteiger partial charge in [-0.15, -0.1) is 0 Å². The zero-order chi connectivity index (χ0) is 19.4. The first kappa shape index (κ1) is 20.1. The topological polar surface area (TPSA) is 95.9 Å². The molecule has 3 atom stereocenters. The molecule has 0 radical (unpaired) electrons. The molecule has 1 heterocycles. The standard InChI is InChI=1S/C17H20ClFN2O5/c1-21-14(22)8-10(15(21)9-3-4-11(18)12(19)7-9)16(23)20-13(17(24)25)5-6-26-2/h3-4,7,10,13,15H,5-6,8H2,1-2H3,(H,20,23)(H,24,25). The molecule has 1 saturated heterocycles. The van der Waals surface area contributed by atoms with Gasteiger partial charge in [-0.3, -0.25) is 9.59 Å². The Kier molecular flexibility index (Phi) is 6.55. The van der Waals surface area contributed by atoms with Crippen LogP contribution in [0.2, 0.25) is 5.02 Å². The molecule has 7 nitrogen and oxygen atoms in total. The summed E-state index contributed by atoms with van der Waals surface area (Å²) in [5.74, 6) is -3.54. The van der Waals surface area contributed by atoms with Crippen LogP contribution in [0, 0.1) is 11.7 Å². The van der Waals surface area contributed by atoms with Gasteiger partial charge in [-0.2, -0.15) is 0 Å². The van der Waals surface area contributed by atoms with E-state index < -0.39 is 35.7 Å². The number of benzene rings is 1. The molecule has 1 fully saturated rings. The lowest BCUT2D eigenvalue weighted by atomic mass is 9.92. The lowest BCUT2D eigenvalue weighted by Gasteiger charge is -2.26. The molecule has 0 spiro atoms. The Balaban J connectivity index is 2.24. The van der Waals surface area contributed by atoms with E-state index in [1.807, 2.05) is 0 Å². The Morgan fingerprint density at radius 3 is 2.77 bits per heavy atom. The molecule has 2 rings (SSSR count). The lowest BCUT2D eigenvalue weighted by Crippen LogP contribution is -2.45. The third-order valence-corrected chi connectivity index (χ3v) is 4.74. The number of carbonyl (C=O) groups excluding carboxylic acids is 2. The minimum Gasteiger partial charge on any atom is -0.480 e. The fourth-order valence-corrected chi connectivity index (χ4v) is 3.15. The summed E-state index contributed by atoms with van der Waals surface area (Å²) in [4.78, 5) is 37.4. The average molecular weight is 387 g/mol. The Hall–Kier alpha value is -2.19. The summed E-state index contributed by atoms with van der Waals surface area (Å²) >= 11 is 5.69. The van der Waals surface area contributed by atoms with Gasteiger partial charge < -0.3 is 20.1 Å². The zero-order valence-corrected chi connectivity index (χ0v) is 15.1. The second-order valence-electron chi connectivity index (χ2n) is 6.11. The second-order valence-corrected chi connectivity index (χ2v) is 6.52. The average Bonchev–Trinajstić information content (AvgIpc) is 2.89. The predicted octanol–water partition coefficient (Wildman–Crippen LogP) is 1.60. The Morgan fingerprint density at radius 2 is 2.19 bits per heavy atom. The van der Waals surface area contributed by atoms with Crippen molar-refractivity contribution >= 4 is 29.4 Å². The molecule has 1 aromatic rings. The SMILES string of the molecule is COCCC(NC(=O)C1CC(=O)N(C)C1c1ccc(Cl)c(F)c1)C(=O)O. The maximum Gasteiger partial charge on any atom is 0.326 e. The van der Waals surface area contributed by atoms with E-state index >= 15 is 0 Å². The van der Waals surface area contributed by atoms with Gasteiger partial charge in [0.05, 0.1) is 17.0 Å². The number of methoxy groups -OCH3 is 1. The van der Waals surface area contributed by atoms with Crippen LogP contribution in [0.5, 0.6) is 0 Å². The molecule has 2 N–H and O–H groups in total. The Morgan fingerprint density at radius 1 is 1.50 bits per heavy atom. The van der Waals surface area contributed by atoms with Gasteiger partial charge in [0.2, 0.25) is 11.8 Å². The number of carboxylic acid groups (broad SMARTS) is 1. The van der Waals surface area contributed by atoms with Crippen LogP contribution in [-0.2, 0) is 19.1 Å².